The smallest absolute Gasteiger partial charge is 0.407 e. The second-order valence-electron chi connectivity index (χ2n) is 12.1. The summed E-state index contributed by atoms with van der Waals surface area (Å²) < 4.78 is 11.3. The molecule has 4 N–H and O–H groups in total. The van der Waals surface area contributed by atoms with Gasteiger partial charge in [-0.1, -0.05) is 56.3 Å². The van der Waals surface area contributed by atoms with Crippen LogP contribution in [0.4, 0.5) is 4.79 Å². The fourth-order valence-electron chi connectivity index (χ4n) is 4.46. The van der Waals surface area contributed by atoms with Crippen LogP contribution in [-0.2, 0) is 22.4 Å². The molecule has 0 aliphatic heterocycles. The number of hydrogen-bond donors (Lipinski definition) is 4. The Morgan fingerprint density at radius 2 is 1.61 bits per heavy atom. The van der Waals surface area contributed by atoms with Crippen LogP contribution < -0.4 is 10.1 Å². The minimum Gasteiger partial charge on any atom is -0.493 e. The molecule has 0 fully saturated rings. The Kier molecular flexibility index (Phi) is 12.9. The summed E-state index contributed by atoms with van der Waals surface area (Å²) in [5, 5.41) is 34.3. The number of benzene rings is 2. The molecule has 0 heterocycles. The molecule has 2 aromatic carbocycles. The van der Waals surface area contributed by atoms with E-state index in [1.54, 1.807) is 26.8 Å². The molecule has 0 saturated carbocycles. The molecule has 0 bridgehead atoms. The van der Waals surface area contributed by atoms with Gasteiger partial charge in [-0.25, -0.2) is 4.79 Å². The molecule has 2 aromatic rings. The summed E-state index contributed by atoms with van der Waals surface area (Å²) in [5.74, 6) is -0.982. The first kappa shape index (κ1) is 33.8. The lowest BCUT2D eigenvalue weighted by molar-refractivity contribution is -0.144. The van der Waals surface area contributed by atoms with E-state index < -0.39 is 41.8 Å². The first-order chi connectivity index (χ1) is 19.2. The highest BCUT2D eigenvalue weighted by atomic mass is 16.6. The van der Waals surface area contributed by atoms with Crippen LogP contribution >= 0.6 is 0 Å². The molecule has 8 nitrogen and oxygen atoms in total. The molecule has 0 aliphatic rings. The zero-order chi connectivity index (χ0) is 30.7. The van der Waals surface area contributed by atoms with Crippen LogP contribution in [0.25, 0.3) is 0 Å². The van der Waals surface area contributed by atoms with Gasteiger partial charge >= 0.3 is 12.1 Å². The number of alkyl carbamates (subject to hydrolysis) is 1. The van der Waals surface area contributed by atoms with Crippen LogP contribution in [0.1, 0.15) is 63.3 Å². The van der Waals surface area contributed by atoms with Crippen LogP contribution in [0.5, 0.6) is 5.75 Å². The van der Waals surface area contributed by atoms with E-state index in [1.807, 2.05) is 56.3 Å². The van der Waals surface area contributed by atoms with E-state index in [2.05, 4.69) is 19.2 Å². The van der Waals surface area contributed by atoms with Crippen molar-refractivity contribution >= 4 is 12.1 Å². The molecule has 8 heteroatoms. The molecular formula is C33H47NO7. The Morgan fingerprint density at radius 1 is 1.00 bits per heavy atom. The summed E-state index contributed by atoms with van der Waals surface area (Å²) in [6.45, 7) is 14.0. The lowest BCUT2D eigenvalue weighted by Gasteiger charge is -2.27. The normalized spacial score (nSPS) is 14.9. The average Bonchev–Trinajstić information content (AvgIpc) is 2.86. The van der Waals surface area contributed by atoms with Crippen LogP contribution in [0.2, 0.25) is 0 Å². The van der Waals surface area contributed by atoms with Crippen LogP contribution in [0.3, 0.4) is 0 Å². The van der Waals surface area contributed by atoms with E-state index in [-0.39, 0.29) is 12.8 Å². The molecule has 0 spiro atoms. The predicted octanol–water partition coefficient (Wildman–Crippen LogP) is 5.39. The van der Waals surface area contributed by atoms with Gasteiger partial charge < -0.3 is 30.1 Å². The number of rotatable bonds is 14. The maximum absolute atomic E-state index is 12.7. The molecule has 4 unspecified atom stereocenters. The molecule has 0 radical (unpaired) electrons. The zero-order valence-corrected chi connectivity index (χ0v) is 25.4. The third-order valence-corrected chi connectivity index (χ3v) is 6.58. The highest BCUT2D eigenvalue weighted by Gasteiger charge is 2.27. The van der Waals surface area contributed by atoms with E-state index in [1.165, 1.54) is 6.08 Å². The predicted molar refractivity (Wildman–Crippen MR) is 160 cm³/mol. The van der Waals surface area contributed by atoms with Crippen LogP contribution in [0, 0.1) is 25.7 Å². The van der Waals surface area contributed by atoms with Gasteiger partial charge in [-0.05, 0) is 94.2 Å². The van der Waals surface area contributed by atoms with Crippen molar-refractivity contribution in [1.82, 2.24) is 5.32 Å². The first-order valence-corrected chi connectivity index (χ1v) is 14.2. The standard InChI is InChI=1S/C33H47NO7/c1-21(2)20-40-25-16-22(3)26(23(4)17-25)19-28(34-32(39)41-33(5,6)7)30(36)15-11-14-29(35)27(31(37)38)18-24-12-9-8-10-13-24/h8-14,16-17,21,27-30,35-36H,15,18-20H2,1-7H3,(H,34,39)(H,37,38)/b14-11+. The van der Waals surface area contributed by atoms with E-state index in [9.17, 15) is 24.9 Å². The third kappa shape index (κ3) is 12.0. The van der Waals surface area contributed by atoms with Crippen LogP contribution in [0.15, 0.2) is 54.6 Å². The number of nitrogens with one attached hydrogen (secondary N) is 1. The van der Waals surface area contributed by atoms with Gasteiger partial charge in [0, 0.05) is 0 Å². The summed E-state index contributed by atoms with van der Waals surface area (Å²) in [4.78, 5) is 24.5. The number of aliphatic hydroxyl groups is 2. The summed E-state index contributed by atoms with van der Waals surface area (Å²) in [5.41, 5.74) is 3.02. The topological polar surface area (TPSA) is 125 Å². The number of hydrogen-bond acceptors (Lipinski definition) is 6. The summed E-state index contributed by atoms with van der Waals surface area (Å²) in [6, 6.07) is 12.3. The van der Waals surface area contributed by atoms with Gasteiger partial charge in [0.05, 0.1) is 30.8 Å². The van der Waals surface area contributed by atoms with E-state index in [4.69, 9.17) is 9.47 Å². The van der Waals surface area contributed by atoms with Crippen LogP contribution in [-0.4, -0.2) is 57.8 Å². The quantitative estimate of drug-likeness (QED) is 0.225. The minimum atomic E-state index is -1.25. The Hall–Kier alpha value is -3.36. The molecule has 0 saturated heterocycles. The van der Waals surface area contributed by atoms with Crippen molar-refractivity contribution in [2.24, 2.45) is 11.8 Å². The fourth-order valence-corrected chi connectivity index (χ4v) is 4.46. The van der Waals surface area contributed by atoms with Crippen molar-refractivity contribution in [2.45, 2.75) is 91.6 Å². The Morgan fingerprint density at radius 3 is 2.15 bits per heavy atom. The first-order valence-electron chi connectivity index (χ1n) is 14.2. The molecule has 41 heavy (non-hydrogen) atoms. The van der Waals surface area contributed by atoms with Gasteiger partial charge in [-0.2, -0.15) is 0 Å². The Bertz CT molecular complexity index is 1130. The lowest BCUT2D eigenvalue weighted by atomic mass is 9.91. The number of carboxylic acid groups (broad SMARTS) is 1. The maximum Gasteiger partial charge on any atom is 0.407 e. The second-order valence-corrected chi connectivity index (χ2v) is 12.1. The number of carbonyl (C=O) groups is 2. The van der Waals surface area contributed by atoms with E-state index in [0.29, 0.717) is 18.9 Å². The van der Waals surface area contributed by atoms with Gasteiger partial charge in [0.15, 0.2) is 0 Å². The number of carbonyl (C=O) groups excluding carboxylic acids is 1. The van der Waals surface area contributed by atoms with Gasteiger partial charge in [0.1, 0.15) is 11.4 Å². The van der Waals surface area contributed by atoms with E-state index >= 15 is 0 Å². The molecular weight excluding hydrogens is 522 g/mol. The van der Waals surface area contributed by atoms with Crippen molar-refractivity contribution < 1.29 is 34.4 Å². The summed E-state index contributed by atoms with van der Waals surface area (Å²) in [7, 11) is 0. The van der Waals surface area contributed by atoms with Crippen molar-refractivity contribution in [2.75, 3.05) is 6.61 Å². The number of aryl methyl sites for hydroxylation is 2. The fraction of sp³-hybridized carbons (Fsp3) is 0.515. The molecule has 2 rings (SSSR count). The number of amides is 1. The Balaban J connectivity index is 2.19. The minimum absolute atomic E-state index is 0.0862. The SMILES string of the molecule is Cc1cc(OCC(C)C)cc(C)c1CC(NC(=O)OC(C)(C)C)C(O)C/C=C/C(O)C(Cc1ccccc1)C(=O)O. The van der Waals surface area contributed by atoms with Crippen molar-refractivity contribution in [3.63, 3.8) is 0 Å². The van der Waals surface area contributed by atoms with Crippen molar-refractivity contribution in [3.8, 4) is 5.75 Å². The Labute approximate surface area is 244 Å². The number of aliphatic hydroxyl groups excluding tert-OH is 2. The van der Waals surface area contributed by atoms with Gasteiger partial charge in [-0.3, -0.25) is 4.79 Å². The largest absolute Gasteiger partial charge is 0.493 e. The summed E-state index contributed by atoms with van der Waals surface area (Å²) >= 11 is 0. The monoisotopic (exact) mass is 569 g/mol. The molecule has 1 amide bonds. The maximum atomic E-state index is 12.7. The lowest BCUT2D eigenvalue weighted by Crippen LogP contribution is -2.46. The molecule has 4 atom stereocenters. The number of carboxylic acids is 1. The molecule has 226 valence electrons. The molecule has 0 aromatic heterocycles. The van der Waals surface area contributed by atoms with E-state index in [0.717, 1.165) is 28.0 Å². The summed E-state index contributed by atoms with van der Waals surface area (Å²) in [6.07, 6.45) is 0.622. The molecule has 0 aliphatic carbocycles. The average molecular weight is 570 g/mol. The highest BCUT2D eigenvalue weighted by Crippen LogP contribution is 2.25. The van der Waals surface area contributed by atoms with Gasteiger partial charge in [-0.15, -0.1) is 0 Å². The van der Waals surface area contributed by atoms with Crippen molar-refractivity contribution in [1.29, 1.82) is 0 Å². The van der Waals surface area contributed by atoms with Gasteiger partial charge in [0.25, 0.3) is 0 Å². The highest BCUT2D eigenvalue weighted by molar-refractivity contribution is 5.71. The zero-order valence-electron chi connectivity index (χ0n) is 25.4. The second kappa shape index (κ2) is 15.6. The van der Waals surface area contributed by atoms with Gasteiger partial charge in [0.2, 0.25) is 0 Å². The number of aliphatic carboxylic acids is 1. The van der Waals surface area contributed by atoms with Crippen molar-refractivity contribution in [3.05, 3.63) is 76.9 Å². The number of ether oxygens (including phenoxy) is 2. The third-order valence-electron chi connectivity index (χ3n) is 6.58.